The number of nitrogen functional groups attached to an aromatic ring is 1. The van der Waals surface area contributed by atoms with E-state index in [1.54, 1.807) is 6.20 Å². The minimum absolute atomic E-state index is 0.0333. The molecule has 0 bridgehead atoms. The average Bonchev–Trinajstić information content (AvgIpc) is 3.01. The number of pyridine rings is 1. The van der Waals surface area contributed by atoms with Gasteiger partial charge in [0.25, 0.3) is 0 Å². The van der Waals surface area contributed by atoms with Crippen LogP contribution >= 0.6 is 0 Å². The minimum atomic E-state index is 0.0333. The van der Waals surface area contributed by atoms with Crippen molar-refractivity contribution >= 4 is 5.84 Å². The SMILES string of the molecule is CN(Cc1ccnc(C(=N)N)c1)C1CC1. The zero-order valence-electron chi connectivity index (χ0n) is 8.90. The van der Waals surface area contributed by atoms with Crippen LogP contribution in [0.3, 0.4) is 0 Å². The van der Waals surface area contributed by atoms with Crippen molar-refractivity contribution in [3.05, 3.63) is 29.6 Å². The molecule has 0 amide bonds. The maximum absolute atomic E-state index is 7.31. The number of aromatic nitrogens is 1. The summed E-state index contributed by atoms with van der Waals surface area (Å²) in [4.78, 5) is 6.37. The van der Waals surface area contributed by atoms with Crippen LogP contribution in [0.4, 0.5) is 0 Å². The van der Waals surface area contributed by atoms with Crippen molar-refractivity contribution in [3.8, 4) is 0 Å². The molecule has 1 heterocycles. The van der Waals surface area contributed by atoms with Crippen LogP contribution in [0.15, 0.2) is 18.3 Å². The first-order valence-corrected chi connectivity index (χ1v) is 5.16. The first-order valence-electron chi connectivity index (χ1n) is 5.16. The predicted octanol–water partition coefficient (Wildman–Crippen LogP) is 0.960. The van der Waals surface area contributed by atoms with Crippen molar-refractivity contribution in [1.29, 1.82) is 5.41 Å². The highest BCUT2D eigenvalue weighted by Gasteiger charge is 2.25. The van der Waals surface area contributed by atoms with Crippen molar-refractivity contribution in [2.24, 2.45) is 5.73 Å². The highest BCUT2D eigenvalue weighted by molar-refractivity contribution is 5.93. The fourth-order valence-electron chi connectivity index (χ4n) is 1.65. The van der Waals surface area contributed by atoms with E-state index in [2.05, 4.69) is 16.9 Å². The van der Waals surface area contributed by atoms with Crippen LogP contribution in [0.2, 0.25) is 0 Å². The summed E-state index contributed by atoms with van der Waals surface area (Å²) in [5.74, 6) is 0.0333. The fraction of sp³-hybridized carbons (Fsp3) is 0.455. The highest BCUT2D eigenvalue weighted by Crippen LogP contribution is 2.26. The number of hydrogen-bond acceptors (Lipinski definition) is 3. The summed E-state index contributed by atoms with van der Waals surface area (Å²) in [6.45, 7) is 0.910. The third-order valence-corrected chi connectivity index (χ3v) is 2.70. The van der Waals surface area contributed by atoms with Crippen molar-refractivity contribution < 1.29 is 0 Å². The van der Waals surface area contributed by atoms with Crippen LogP contribution in [0.5, 0.6) is 0 Å². The molecule has 1 aromatic rings. The molecule has 80 valence electrons. The lowest BCUT2D eigenvalue weighted by Gasteiger charge is -2.15. The van der Waals surface area contributed by atoms with E-state index >= 15 is 0 Å². The average molecular weight is 204 g/mol. The summed E-state index contributed by atoms with van der Waals surface area (Å²) in [7, 11) is 2.13. The second-order valence-electron chi connectivity index (χ2n) is 4.11. The molecular formula is C11H16N4. The van der Waals surface area contributed by atoms with E-state index in [4.69, 9.17) is 11.1 Å². The van der Waals surface area contributed by atoms with Gasteiger partial charge in [-0.05, 0) is 37.6 Å². The molecule has 15 heavy (non-hydrogen) atoms. The number of nitrogens with two attached hydrogens (primary N) is 1. The summed E-state index contributed by atoms with van der Waals surface area (Å²) in [6.07, 6.45) is 4.33. The van der Waals surface area contributed by atoms with Gasteiger partial charge < -0.3 is 5.73 Å². The molecule has 1 aromatic heterocycles. The van der Waals surface area contributed by atoms with E-state index in [0.29, 0.717) is 5.69 Å². The Hall–Kier alpha value is -1.42. The first-order chi connectivity index (χ1) is 7.16. The Labute approximate surface area is 89.6 Å². The normalized spacial score (nSPS) is 15.6. The topological polar surface area (TPSA) is 66.0 Å². The Bertz CT molecular complexity index is 371. The van der Waals surface area contributed by atoms with Gasteiger partial charge in [0.15, 0.2) is 0 Å². The van der Waals surface area contributed by atoms with Gasteiger partial charge >= 0.3 is 0 Å². The summed E-state index contributed by atoms with van der Waals surface area (Å²) in [5, 5.41) is 7.31. The van der Waals surface area contributed by atoms with Crippen LogP contribution in [0.25, 0.3) is 0 Å². The molecule has 0 spiro atoms. The molecule has 1 aliphatic rings. The molecule has 2 rings (SSSR count). The van der Waals surface area contributed by atoms with Gasteiger partial charge in [0.1, 0.15) is 11.5 Å². The Morgan fingerprint density at radius 1 is 1.67 bits per heavy atom. The molecule has 0 atom stereocenters. The molecule has 1 fully saturated rings. The number of hydrogen-bond donors (Lipinski definition) is 2. The summed E-state index contributed by atoms with van der Waals surface area (Å²) < 4.78 is 0. The molecule has 0 saturated heterocycles. The van der Waals surface area contributed by atoms with Gasteiger partial charge in [-0.3, -0.25) is 15.3 Å². The van der Waals surface area contributed by atoms with Gasteiger partial charge in [-0.2, -0.15) is 0 Å². The van der Waals surface area contributed by atoms with E-state index < -0.39 is 0 Å². The molecule has 1 aliphatic carbocycles. The van der Waals surface area contributed by atoms with Gasteiger partial charge in [0.2, 0.25) is 0 Å². The Balaban J connectivity index is 2.07. The summed E-state index contributed by atoms with van der Waals surface area (Å²) in [6, 6.07) is 4.62. The summed E-state index contributed by atoms with van der Waals surface area (Å²) in [5.41, 5.74) is 7.13. The minimum Gasteiger partial charge on any atom is -0.382 e. The highest BCUT2D eigenvalue weighted by atomic mass is 15.1. The Morgan fingerprint density at radius 2 is 2.40 bits per heavy atom. The number of rotatable bonds is 4. The van der Waals surface area contributed by atoms with Crippen molar-refractivity contribution in [3.63, 3.8) is 0 Å². The van der Waals surface area contributed by atoms with Gasteiger partial charge in [-0.15, -0.1) is 0 Å². The molecule has 3 N–H and O–H groups in total. The Morgan fingerprint density at radius 3 is 3.00 bits per heavy atom. The Kier molecular flexibility index (Phi) is 2.68. The third-order valence-electron chi connectivity index (χ3n) is 2.70. The molecule has 0 unspecified atom stereocenters. The van der Waals surface area contributed by atoms with E-state index in [9.17, 15) is 0 Å². The smallest absolute Gasteiger partial charge is 0.141 e. The van der Waals surface area contributed by atoms with Gasteiger partial charge in [-0.1, -0.05) is 0 Å². The standard InChI is InChI=1S/C11H16N4/c1-15(9-2-3-9)7-8-4-5-14-10(6-8)11(12)13/h4-6,9H,2-3,7H2,1H3,(H3,12,13). The molecule has 4 heteroatoms. The number of amidine groups is 1. The summed E-state index contributed by atoms with van der Waals surface area (Å²) >= 11 is 0. The third kappa shape index (κ3) is 2.53. The predicted molar refractivity (Wildman–Crippen MR) is 59.7 cm³/mol. The van der Waals surface area contributed by atoms with E-state index in [1.807, 2.05) is 12.1 Å². The lowest BCUT2D eigenvalue weighted by Crippen LogP contribution is -2.20. The second kappa shape index (κ2) is 3.98. The van der Waals surface area contributed by atoms with Crippen LogP contribution in [0.1, 0.15) is 24.1 Å². The van der Waals surface area contributed by atoms with Crippen molar-refractivity contribution in [1.82, 2.24) is 9.88 Å². The maximum atomic E-state index is 7.31. The molecule has 4 nitrogen and oxygen atoms in total. The van der Waals surface area contributed by atoms with E-state index in [1.165, 1.54) is 18.4 Å². The molecule has 1 saturated carbocycles. The fourth-order valence-corrected chi connectivity index (χ4v) is 1.65. The second-order valence-corrected chi connectivity index (χ2v) is 4.11. The number of nitrogens with one attached hydrogen (secondary N) is 1. The van der Waals surface area contributed by atoms with E-state index in [0.717, 1.165) is 12.6 Å². The maximum Gasteiger partial charge on any atom is 0.141 e. The zero-order valence-corrected chi connectivity index (χ0v) is 8.90. The van der Waals surface area contributed by atoms with Crippen molar-refractivity contribution in [2.45, 2.75) is 25.4 Å². The van der Waals surface area contributed by atoms with Crippen LogP contribution < -0.4 is 5.73 Å². The molecule has 0 aromatic carbocycles. The van der Waals surface area contributed by atoms with Crippen LogP contribution in [-0.2, 0) is 6.54 Å². The quantitative estimate of drug-likeness (QED) is 0.567. The van der Waals surface area contributed by atoms with Gasteiger partial charge in [-0.25, -0.2) is 0 Å². The van der Waals surface area contributed by atoms with Crippen LogP contribution in [-0.4, -0.2) is 28.8 Å². The van der Waals surface area contributed by atoms with Gasteiger partial charge in [0, 0.05) is 18.8 Å². The number of nitrogens with zero attached hydrogens (tertiary/aromatic N) is 2. The van der Waals surface area contributed by atoms with E-state index in [-0.39, 0.29) is 5.84 Å². The lowest BCUT2D eigenvalue weighted by atomic mass is 10.2. The zero-order chi connectivity index (χ0) is 10.8. The molecular weight excluding hydrogens is 188 g/mol. The first kappa shape index (κ1) is 10.1. The van der Waals surface area contributed by atoms with Crippen molar-refractivity contribution in [2.75, 3.05) is 7.05 Å². The molecule has 0 radical (unpaired) electrons. The van der Waals surface area contributed by atoms with Crippen LogP contribution in [0, 0.1) is 5.41 Å². The van der Waals surface area contributed by atoms with Gasteiger partial charge in [0.05, 0.1) is 0 Å². The molecule has 0 aliphatic heterocycles. The monoisotopic (exact) mass is 204 g/mol. The lowest BCUT2D eigenvalue weighted by molar-refractivity contribution is 0.316. The largest absolute Gasteiger partial charge is 0.382 e.